The van der Waals surface area contributed by atoms with Crippen LogP contribution in [-0.2, 0) is 4.79 Å². The molecule has 1 aromatic rings. The van der Waals surface area contributed by atoms with E-state index in [9.17, 15) is 18.0 Å². The van der Waals surface area contributed by atoms with Gasteiger partial charge in [-0.1, -0.05) is 11.6 Å². The molecule has 1 saturated heterocycles. The van der Waals surface area contributed by atoms with Gasteiger partial charge in [-0.25, -0.2) is 4.79 Å². The smallest absolute Gasteiger partial charge is 0.475 e. The molecular formula is C15H19ClF3N3O3. The molecule has 0 unspecified atom stereocenters. The molecule has 25 heavy (non-hydrogen) atoms. The van der Waals surface area contributed by atoms with Crippen LogP contribution in [0.5, 0.6) is 0 Å². The Morgan fingerprint density at radius 3 is 2.20 bits per heavy atom. The number of aliphatic carboxylic acids is 1. The fourth-order valence-corrected chi connectivity index (χ4v) is 2.56. The number of carbonyl (C=O) groups is 2. The molecular weight excluding hydrogens is 363 g/mol. The first kappa shape index (κ1) is 21.0. The highest BCUT2D eigenvalue weighted by atomic mass is 35.5. The highest BCUT2D eigenvalue weighted by Crippen LogP contribution is 2.28. The van der Waals surface area contributed by atoms with Gasteiger partial charge in [0.2, 0.25) is 0 Å². The lowest BCUT2D eigenvalue weighted by Gasteiger charge is -2.34. The topological polar surface area (TPSA) is 110 Å². The molecule has 0 aromatic heterocycles. The Bertz CT molecular complexity index is 618. The van der Waals surface area contributed by atoms with E-state index in [1.807, 2.05) is 6.07 Å². The molecule has 1 aromatic carbocycles. The number of anilines is 1. The molecule has 140 valence electrons. The van der Waals surface area contributed by atoms with Gasteiger partial charge in [0, 0.05) is 23.8 Å². The molecule has 1 aliphatic rings. The van der Waals surface area contributed by atoms with Crippen LogP contribution in [0.1, 0.15) is 23.2 Å². The number of carbonyl (C=O) groups excluding carboxylic acids is 1. The van der Waals surface area contributed by atoms with Gasteiger partial charge >= 0.3 is 12.1 Å². The SMILES string of the molecule is NCC1CCN(c2ccc(Cl)cc2C(N)=O)CC1.O=C(O)C(F)(F)F. The van der Waals surface area contributed by atoms with Crippen molar-refractivity contribution in [2.75, 3.05) is 24.5 Å². The summed E-state index contributed by atoms with van der Waals surface area (Å²) in [6.07, 6.45) is -2.98. The van der Waals surface area contributed by atoms with Crippen LogP contribution in [0, 0.1) is 5.92 Å². The van der Waals surface area contributed by atoms with Crippen LogP contribution in [0.4, 0.5) is 18.9 Å². The molecule has 0 radical (unpaired) electrons. The van der Waals surface area contributed by atoms with Crippen molar-refractivity contribution in [2.45, 2.75) is 19.0 Å². The van der Waals surface area contributed by atoms with Crippen LogP contribution in [0.2, 0.25) is 5.02 Å². The third-order valence-corrected chi connectivity index (χ3v) is 3.99. The van der Waals surface area contributed by atoms with Gasteiger partial charge in [-0.05, 0) is 43.5 Å². The lowest BCUT2D eigenvalue weighted by Crippen LogP contribution is -2.37. The Balaban J connectivity index is 0.000000381. The zero-order valence-electron chi connectivity index (χ0n) is 13.2. The standard InChI is InChI=1S/C13H18ClN3O.C2HF3O2/c14-10-1-2-12(11(7-10)13(16)18)17-5-3-9(8-15)4-6-17;3-2(4,5)1(6)7/h1-2,7,9H,3-6,8,15H2,(H2,16,18);(H,6,7). The van der Waals surface area contributed by atoms with Gasteiger partial charge in [-0.3, -0.25) is 4.79 Å². The van der Waals surface area contributed by atoms with E-state index >= 15 is 0 Å². The van der Waals surface area contributed by atoms with Crippen LogP contribution in [-0.4, -0.2) is 42.8 Å². The zero-order chi connectivity index (χ0) is 19.2. The largest absolute Gasteiger partial charge is 0.490 e. The van der Waals surface area contributed by atoms with Crippen molar-refractivity contribution in [1.82, 2.24) is 0 Å². The average Bonchev–Trinajstić information content (AvgIpc) is 2.54. The molecule has 6 nitrogen and oxygen atoms in total. The third kappa shape index (κ3) is 6.43. The molecule has 10 heteroatoms. The van der Waals surface area contributed by atoms with Crippen LogP contribution >= 0.6 is 11.6 Å². The first-order valence-corrected chi connectivity index (χ1v) is 7.78. The number of amides is 1. The van der Waals surface area contributed by atoms with Crippen LogP contribution in [0.25, 0.3) is 0 Å². The van der Waals surface area contributed by atoms with Crippen LogP contribution in [0.3, 0.4) is 0 Å². The number of hydrogen-bond donors (Lipinski definition) is 3. The molecule has 1 fully saturated rings. The number of carboxylic acid groups (broad SMARTS) is 1. The van der Waals surface area contributed by atoms with Crippen molar-refractivity contribution in [3.8, 4) is 0 Å². The summed E-state index contributed by atoms with van der Waals surface area (Å²) in [6.45, 7) is 2.55. The van der Waals surface area contributed by atoms with E-state index in [4.69, 9.17) is 33.0 Å². The monoisotopic (exact) mass is 381 g/mol. The van der Waals surface area contributed by atoms with E-state index in [1.165, 1.54) is 0 Å². The molecule has 1 aliphatic heterocycles. The minimum Gasteiger partial charge on any atom is -0.475 e. The van der Waals surface area contributed by atoms with E-state index < -0.39 is 18.1 Å². The molecule has 0 aliphatic carbocycles. The number of alkyl halides is 3. The Labute approximate surface area is 147 Å². The number of piperidine rings is 1. The molecule has 2 rings (SSSR count). The fraction of sp³-hybridized carbons (Fsp3) is 0.467. The van der Waals surface area contributed by atoms with Gasteiger partial charge in [0.25, 0.3) is 5.91 Å². The molecule has 5 N–H and O–H groups in total. The van der Waals surface area contributed by atoms with E-state index in [2.05, 4.69) is 4.90 Å². The van der Waals surface area contributed by atoms with Crippen LogP contribution < -0.4 is 16.4 Å². The Morgan fingerprint density at radius 1 is 1.28 bits per heavy atom. The molecule has 0 atom stereocenters. The summed E-state index contributed by atoms with van der Waals surface area (Å²) < 4.78 is 31.7. The highest BCUT2D eigenvalue weighted by Gasteiger charge is 2.38. The van der Waals surface area contributed by atoms with Gasteiger partial charge in [0.1, 0.15) is 0 Å². The number of nitrogens with two attached hydrogens (primary N) is 2. The van der Waals surface area contributed by atoms with Gasteiger partial charge in [-0.15, -0.1) is 0 Å². The number of rotatable bonds is 3. The fourth-order valence-electron chi connectivity index (χ4n) is 2.39. The minimum absolute atomic E-state index is 0.437. The summed E-state index contributed by atoms with van der Waals surface area (Å²) in [4.78, 5) is 22.5. The van der Waals surface area contributed by atoms with E-state index in [-0.39, 0.29) is 0 Å². The van der Waals surface area contributed by atoms with Crippen molar-refractivity contribution < 1.29 is 27.9 Å². The Hall–Kier alpha value is -2.00. The van der Waals surface area contributed by atoms with Crippen molar-refractivity contribution in [3.63, 3.8) is 0 Å². The molecule has 0 spiro atoms. The average molecular weight is 382 g/mol. The maximum absolute atomic E-state index is 11.5. The maximum atomic E-state index is 11.5. The number of halogens is 4. The zero-order valence-corrected chi connectivity index (χ0v) is 14.0. The number of carboxylic acids is 1. The summed E-state index contributed by atoms with van der Waals surface area (Å²) in [7, 11) is 0. The summed E-state index contributed by atoms with van der Waals surface area (Å²) in [5.74, 6) is -2.61. The lowest BCUT2D eigenvalue weighted by molar-refractivity contribution is -0.192. The molecule has 0 bridgehead atoms. The molecule has 1 amide bonds. The second-order valence-corrected chi connectivity index (χ2v) is 5.93. The maximum Gasteiger partial charge on any atom is 0.490 e. The number of benzene rings is 1. The third-order valence-electron chi connectivity index (χ3n) is 3.76. The van der Waals surface area contributed by atoms with Gasteiger partial charge in [-0.2, -0.15) is 13.2 Å². The summed E-state index contributed by atoms with van der Waals surface area (Å²) in [6, 6.07) is 5.29. The lowest BCUT2D eigenvalue weighted by atomic mass is 9.96. The van der Waals surface area contributed by atoms with E-state index in [0.29, 0.717) is 16.5 Å². The second kappa shape index (κ2) is 8.91. The van der Waals surface area contributed by atoms with Crippen molar-refractivity contribution >= 4 is 29.2 Å². The van der Waals surface area contributed by atoms with Crippen molar-refractivity contribution in [1.29, 1.82) is 0 Å². The normalized spacial score (nSPS) is 15.3. The van der Waals surface area contributed by atoms with E-state index in [1.54, 1.807) is 12.1 Å². The first-order valence-electron chi connectivity index (χ1n) is 7.40. The number of primary amides is 1. The minimum atomic E-state index is -5.08. The highest BCUT2D eigenvalue weighted by molar-refractivity contribution is 6.31. The van der Waals surface area contributed by atoms with Gasteiger partial charge in [0.05, 0.1) is 5.56 Å². The van der Waals surface area contributed by atoms with E-state index in [0.717, 1.165) is 38.2 Å². The number of nitrogens with zero attached hydrogens (tertiary/aromatic N) is 1. The van der Waals surface area contributed by atoms with Crippen molar-refractivity contribution in [3.05, 3.63) is 28.8 Å². The number of hydrogen-bond acceptors (Lipinski definition) is 4. The van der Waals surface area contributed by atoms with Gasteiger partial charge < -0.3 is 21.5 Å². The second-order valence-electron chi connectivity index (χ2n) is 5.49. The summed E-state index contributed by atoms with van der Waals surface area (Å²) in [5.41, 5.74) is 12.4. The molecule has 0 saturated carbocycles. The first-order chi connectivity index (χ1) is 11.6. The van der Waals surface area contributed by atoms with Crippen LogP contribution in [0.15, 0.2) is 18.2 Å². The quantitative estimate of drug-likeness (QED) is 0.743. The Morgan fingerprint density at radius 2 is 1.80 bits per heavy atom. The predicted octanol–water partition coefficient (Wildman–Crippen LogP) is 2.25. The predicted molar refractivity (Wildman–Crippen MR) is 87.7 cm³/mol. The van der Waals surface area contributed by atoms with Crippen molar-refractivity contribution in [2.24, 2.45) is 17.4 Å². The van der Waals surface area contributed by atoms with Gasteiger partial charge in [0.15, 0.2) is 0 Å². The Kier molecular flexibility index (Phi) is 7.50. The molecule has 1 heterocycles. The summed E-state index contributed by atoms with van der Waals surface area (Å²) in [5, 5.41) is 7.66. The summed E-state index contributed by atoms with van der Waals surface area (Å²) >= 11 is 5.90.